The van der Waals surface area contributed by atoms with E-state index in [0.717, 1.165) is 40.4 Å². The molecule has 1 fully saturated rings. The molecule has 1 aliphatic rings. The summed E-state index contributed by atoms with van der Waals surface area (Å²) in [5.74, 6) is -0.0490. The highest BCUT2D eigenvalue weighted by molar-refractivity contribution is 8.24. The minimum absolute atomic E-state index is 0.110. The van der Waals surface area contributed by atoms with Crippen LogP contribution in [0.1, 0.15) is 35.6 Å². The van der Waals surface area contributed by atoms with Crippen LogP contribution >= 0.6 is 24.0 Å². The molecule has 0 radical (unpaired) electrons. The van der Waals surface area contributed by atoms with Crippen LogP contribution < -0.4 is 4.90 Å². The van der Waals surface area contributed by atoms with E-state index < -0.39 is 0 Å². The number of hydrogen-bond acceptors (Lipinski definition) is 4. The summed E-state index contributed by atoms with van der Waals surface area (Å²) in [5.41, 5.74) is 3.59. The third-order valence-electron chi connectivity index (χ3n) is 5.58. The van der Waals surface area contributed by atoms with Crippen molar-refractivity contribution in [3.63, 3.8) is 0 Å². The fourth-order valence-corrected chi connectivity index (χ4v) is 5.90. The number of benzene rings is 3. The van der Waals surface area contributed by atoms with Crippen LogP contribution in [0.3, 0.4) is 0 Å². The molecule has 0 amide bonds. The summed E-state index contributed by atoms with van der Waals surface area (Å²) in [5, 5.41) is 20.3. The van der Waals surface area contributed by atoms with E-state index in [4.69, 9.17) is 12.2 Å². The molecule has 0 spiro atoms. The van der Waals surface area contributed by atoms with Crippen LogP contribution in [-0.4, -0.2) is 19.8 Å². The lowest BCUT2D eigenvalue weighted by atomic mass is 9.95. The summed E-state index contributed by atoms with van der Waals surface area (Å²) in [6, 6.07) is 21.9. The number of halogens is 1. The molecule has 3 aromatic rings. The fourth-order valence-electron chi connectivity index (χ4n) is 4.04. The molecule has 1 aliphatic heterocycles. The smallest absolute Gasteiger partial charge is 0.141 e. The number of nitrogens with zero attached hydrogens (tertiary/aromatic N) is 1. The monoisotopic (exact) mass is 453 g/mol. The summed E-state index contributed by atoms with van der Waals surface area (Å²) in [6.07, 6.45) is 2.69. The molecule has 0 bridgehead atoms. The third-order valence-corrected chi connectivity index (χ3v) is 7.26. The molecule has 3 nitrogen and oxygen atoms in total. The van der Waals surface area contributed by atoms with Crippen LogP contribution in [0, 0.1) is 5.82 Å². The second kappa shape index (κ2) is 9.81. The number of aromatic hydroxyl groups is 1. The van der Waals surface area contributed by atoms with Gasteiger partial charge >= 0.3 is 0 Å². The van der Waals surface area contributed by atoms with Crippen molar-refractivity contribution in [1.29, 1.82) is 0 Å². The van der Waals surface area contributed by atoms with Gasteiger partial charge in [0.25, 0.3) is 0 Å². The maximum atomic E-state index is 13.2. The van der Waals surface area contributed by atoms with E-state index in [1.807, 2.05) is 54.6 Å². The van der Waals surface area contributed by atoms with Crippen LogP contribution in [0.5, 0.6) is 5.75 Å². The number of phenolic OH excluding ortho intramolecular Hbond substituents is 1. The topological polar surface area (TPSA) is 43.7 Å². The molecule has 6 heteroatoms. The van der Waals surface area contributed by atoms with Crippen LogP contribution in [-0.2, 0) is 13.0 Å². The number of hydrogen-bond donors (Lipinski definition) is 2. The molecule has 2 atom stereocenters. The molecule has 2 N–H and O–H groups in total. The molecule has 0 aromatic heterocycles. The Bertz CT molecular complexity index is 1040. The molecule has 1 heterocycles. The number of anilines is 1. The van der Waals surface area contributed by atoms with Gasteiger partial charge in [-0.1, -0.05) is 66.4 Å². The van der Waals surface area contributed by atoms with E-state index in [-0.39, 0.29) is 29.5 Å². The van der Waals surface area contributed by atoms with Crippen molar-refractivity contribution in [1.82, 2.24) is 0 Å². The zero-order chi connectivity index (χ0) is 21.8. The summed E-state index contributed by atoms with van der Waals surface area (Å²) in [4.78, 5) is 2.12. The molecule has 4 rings (SSSR count). The van der Waals surface area contributed by atoms with Gasteiger partial charge in [0.2, 0.25) is 0 Å². The molecular formula is C25H24FNO2S2. The Labute approximate surface area is 191 Å². The standard InChI is InChI=1S/C25H24FNO2S2/c26-19-12-9-17(10-13-19)5-4-8-23-24(21-14-11-18(16-28)15-22(21)29)27(25(30)31-23)20-6-2-1-3-7-20/h1-3,6-7,9-15,23-24,28-29H,4-5,8,16H2/t23-,24?/m0/s1. The Balaban J connectivity index is 1.60. The minimum atomic E-state index is -0.221. The number of rotatable bonds is 7. The van der Waals surface area contributed by atoms with Crippen molar-refractivity contribution >= 4 is 34.0 Å². The maximum Gasteiger partial charge on any atom is 0.141 e. The number of thiocarbonyl (C=S) groups is 1. The van der Waals surface area contributed by atoms with Crippen molar-refractivity contribution in [2.75, 3.05) is 4.90 Å². The number of aliphatic hydroxyl groups is 1. The predicted molar refractivity (Wildman–Crippen MR) is 129 cm³/mol. The van der Waals surface area contributed by atoms with E-state index in [9.17, 15) is 14.6 Å². The van der Waals surface area contributed by atoms with E-state index in [0.29, 0.717) is 5.56 Å². The summed E-state index contributed by atoms with van der Waals surface area (Å²) >= 11 is 7.42. The molecule has 160 valence electrons. The lowest BCUT2D eigenvalue weighted by Crippen LogP contribution is -2.29. The van der Waals surface area contributed by atoms with Crippen LogP contribution in [0.4, 0.5) is 10.1 Å². The van der Waals surface area contributed by atoms with Gasteiger partial charge in [0.15, 0.2) is 0 Å². The van der Waals surface area contributed by atoms with Gasteiger partial charge in [-0.05, 0) is 60.7 Å². The van der Waals surface area contributed by atoms with Gasteiger partial charge in [-0.15, -0.1) is 0 Å². The lowest BCUT2D eigenvalue weighted by Gasteiger charge is -2.29. The van der Waals surface area contributed by atoms with Gasteiger partial charge in [-0.3, -0.25) is 0 Å². The van der Waals surface area contributed by atoms with Gasteiger partial charge < -0.3 is 15.1 Å². The van der Waals surface area contributed by atoms with E-state index in [1.54, 1.807) is 17.8 Å². The zero-order valence-corrected chi connectivity index (χ0v) is 18.6. The van der Waals surface area contributed by atoms with Gasteiger partial charge in [0.05, 0.1) is 12.6 Å². The largest absolute Gasteiger partial charge is 0.508 e. The van der Waals surface area contributed by atoms with Gasteiger partial charge in [-0.2, -0.15) is 0 Å². The van der Waals surface area contributed by atoms with E-state index in [2.05, 4.69) is 4.90 Å². The van der Waals surface area contributed by atoms with Crippen molar-refractivity contribution in [3.05, 3.63) is 95.3 Å². The second-order valence-electron chi connectivity index (χ2n) is 7.64. The lowest BCUT2D eigenvalue weighted by molar-refractivity contribution is 0.281. The van der Waals surface area contributed by atoms with Crippen molar-refractivity contribution < 1.29 is 14.6 Å². The average molecular weight is 454 g/mol. The predicted octanol–water partition coefficient (Wildman–Crippen LogP) is 5.99. The number of aliphatic hydroxyl groups excluding tert-OH is 1. The SMILES string of the molecule is OCc1ccc(C2[C@H](CCCc3ccc(F)cc3)SC(=S)N2c2ccccc2)c(O)c1. The first-order chi connectivity index (χ1) is 15.1. The van der Waals surface area contributed by atoms with E-state index >= 15 is 0 Å². The van der Waals surface area contributed by atoms with Crippen molar-refractivity contribution in [2.24, 2.45) is 0 Å². The first-order valence-corrected chi connectivity index (χ1v) is 11.6. The summed E-state index contributed by atoms with van der Waals surface area (Å²) in [6.45, 7) is -0.116. The molecule has 31 heavy (non-hydrogen) atoms. The molecular weight excluding hydrogens is 429 g/mol. The van der Waals surface area contributed by atoms with Gasteiger partial charge in [0, 0.05) is 16.5 Å². The maximum absolute atomic E-state index is 13.2. The second-order valence-corrected chi connectivity index (χ2v) is 9.52. The highest BCUT2D eigenvalue weighted by Crippen LogP contribution is 2.48. The highest BCUT2D eigenvalue weighted by atomic mass is 32.2. The third kappa shape index (κ3) is 4.92. The molecule has 3 aromatic carbocycles. The average Bonchev–Trinajstić information content (AvgIpc) is 3.11. The summed E-state index contributed by atoms with van der Waals surface area (Å²) in [7, 11) is 0. The number of para-hydroxylation sites is 1. The quantitative estimate of drug-likeness (QED) is 0.430. The zero-order valence-electron chi connectivity index (χ0n) is 16.9. The highest BCUT2D eigenvalue weighted by Gasteiger charge is 2.40. The molecule has 1 unspecified atom stereocenters. The normalized spacial score (nSPS) is 18.5. The van der Waals surface area contributed by atoms with Gasteiger partial charge in [0.1, 0.15) is 15.9 Å². The first kappa shape index (κ1) is 21.8. The van der Waals surface area contributed by atoms with E-state index in [1.165, 1.54) is 12.1 Å². The summed E-state index contributed by atoms with van der Waals surface area (Å²) < 4.78 is 14.0. The molecule has 1 saturated heterocycles. The Hall–Kier alpha value is -2.41. The van der Waals surface area contributed by atoms with Gasteiger partial charge in [-0.25, -0.2) is 4.39 Å². The first-order valence-electron chi connectivity index (χ1n) is 10.3. The Morgan fingerprint density at radius 2 is 1.68 bits per heavy atom. The number of thioether (sulfide) groups is 1. The molecule has 0 aliphatic carbocycles. The Kier molecular flexibility index (Phi) is 6.90. The van der Waals surface area contributed by atoms with Crippen LogP contribution in [0.15, 0.2) is 72.8 Å². The Morgan fingerprint density at radius 3 is 2.35 bits per heavy atom. The van der Waals surface area contributed by atoms with Crippen molar-refractivity contribution in [3.8, 4) is 5.75 Å². The minimum Gasteiger partial charge on any atom is -0.508 e. The van der Waals surface area contributed by atoms with Crippen LogP contribution in [0.2, 0.25) is 0 Å². The fraction of sp³-hybridized carbons (Fsp3) is 0.240. The molecule has 0 saturated carbocycles. The van der Waals surface area contributed by atoms with Crippen molar-refractivity contribution in [2.45, 2.75) is 37.2 Å². The van der Waals surface area contributed by atoms with Crippen LogP contribution in [0.25, 0.3) is 0 Å². The number of aryl methyl sites for hydroxylation is 1. The Morgan fingerprint density at radius 1 is 0.968 bits per heavy atom. The number of phenols is 1.